The van der Waals surface area contributed by atoms with Gasteiger partial charge in [0.1, 0.15) is 0 Å². The number of ether oxygens (including phenoxy) is 2. The fourth-order valence-electron chi connectivity index (χ4n) is 2.96. The van der Waals surface area contributed by atoms with Crippen LogP contribution in [0.2, 0.25) is 0 Å². The molecule has 0 amide bonds. The molecule has 1 aromatic carbocycles. The Hall–Kier alpha value is -1.67. The highest BCUT2D eigenvalue weighted by atomic mass is 127. The van der Waals surface area contributed by atoms with Crippen molar-refractivity contribution < 1.29 is 19.1 Å². The van der Waals surface area contributed by atoms with E-state index in [4.69, 9.17) is 9.47 Å². The number of methoxy groups -OCH3 is 1. The van der Waals surface area contributed by atoms with E-state index in [2.05, 4.69) is 27.2 Å². The van der Waals surface area contributed by atoms with E-state index >= 15 is 0 Å². The second kappa shape index (κ2) is 8.62. The van der Waals surface area contributed by atoms with Crippen LogP contribution in [-0.4, -0.2) is 36.6 Å². The first-order valence-corrected chi connectivity index (χ1v) is 9.06. The maximum atomic E-state index is 12.5. The number of hydrogen-bond acceptors (Lipinski definition) is 4. The Bertz CT molecular complexity index is 782. The molecule has 6 heteroatoms. The van der Waals surface area contributed by atoms with Gasteiger partial charge in [-0.1, -0.05) is 6.07 Å². The van der Waals surface area contributed by atoms with Gasteiger partial charge in [0, 0.05) is 27.6 Å². The third-order valence-corrected chi connectivity index (χ3v) is 4.70. The number of nitrogens with zero attached hydrogens (tertiary/aromatic N) is 1. The first-order valence-electron chi connectivity index (χ1n) is 7.98. The summed E-state index contributed by atoms with van der Waals surface area (Å²) in [5, 5.41) is 0. The molecule has 0 fully saturated rings. The van der Waals surface area contributed by atoms with Gasteiger partial charge in [0.05, 0.1) is 18.2 Å². The van der Waals surface area contributed by atoms with Crippen LogP contribution in [-0.2, 0) is 9.47 Å². The predicted octanol–water partition coefficient (Wildman–Crippen LogP) is 3.96. The Morgan fingerprint density at radius 3 is 2.60 bits per heavy atom. The molecule has 0 aliphatic rings. The van der Waals surface area contributed by atoms with Crippen molar-refractivity contribution >= 4 is 34.3 Å². The normalized spacial score (nSPS) is 12.0. The smallest absolute Gasteiger partial charge is 0.338 e. The molecular weight excluding hydrogens is 433 g/mol. The first-order chi connectivity index (χ1) is 11.8. The number of ketones is 1. The minimum absolute atomic E-state index is 0.125. The molecule has 0 saturated heterocycles. The van der Waals surface area contributed by atoms with Gasteiger partial charge in [0.25, 0.3) is 0 Å². The van der Waals surface area contributed by atoms with Gasteiger partial charge in [0.2, 0.25) is 5.78 Å². The monoisotopic (exact) mass is 455 g/mol. The van der Waals surface area contributed by atoms with E-state index < -0.39 is 5.97 Å². The average Bonchev–Trinajstić information content (AvgIpc) is 2.87. The van der Waals surface area contributed by atoms with Crippen molar-refractivity contribution in [1.82, 2.24) is 4.57 Å². The summed E-state index contributed by atoms with van der Waals surface area (Å²) in [7, 11) is 1.65. The summed E-state index contributed by atoms with van der Waals surface area (Å²) in [5.41, 5.74) is 2.86. The lowest BCUT2D eigenvalue weighted by atomic mass is 10.1. The van der Waals surface area contributed by atoms with Gasteiger partial charge in [-0.05, 0) is 67.6 Å². The van der Waals surface area contributed by atoms with Gasteiger partial charge >= 0.3 is 5.97 Å². The standard InChI is InChI=1S/C19H22INO4/c1-12-8-17(14(3)21(12)13(2)10-24-4)18(22)11-25-19(23)15-6-5-7-16(20)9-15/h5-9,13H,10-11H2,1-4H3. The number of benzene rings is 1. The Morgan fingerprint density at radius 1 is 1.24 bits per heavy atom. The van der Waals surface area contributed by atoms with Crippen molar-refractivity contribution in [2.45, 2.75) is 26.8 Å². The molecule has 0 aliphatic carbocycles. The van der Waals surface area contributed by atoms with E-state index in [1.807, 2.05) is 32.9 Å². The number of carbonyl (C=O) groups is 2. The highest BCUT2D eigenvalue weighted by molar-refractivity contribution is 14.1. The zero-order valence-corrected chi connectivity index (χ0v) is 17.0. The van der Waals surface area contributed by atoms with Crippen molar-refractivity contribution in [3.05, 3.63) is 56.4 Å². The molecule has 1 heterocycles. The molecule has 1 unspecified atom stereocenters. The van der Waals surface area contributed by atoms with E-state index in [1.54, 1.807) is 25.3 Å². The topological polar surface area (TPSA) is 57.5 Å². The van der Waals surface area contributed by atoms with Gasteiger partial charge in [-0.25, -0.2) is 4.79 Å². The predicted molar refractivity (Wildman–Crippen MR) is 104 cm³/mol. The highest BCUT2D eigenvalue weighted by Crippen LogP contribution is 2.21. The van der Waals surface area contributed by atoms with Crippen LogP contribution >= 0.6 is 22.6 Å². The van der Waals surface area contributed by atoms with Gasteiger partial charge in [0.15, 0.2) is 6.61 Å². The molecule has 0 saturated carbocycles. The third kappa shape index (κ3) is 4.70. The van der Waals surface area contributed by atoms with E-state index in [0.29, 0.717) is 17.7 Å². The number of esters is 1. The summed E-state index contributed by atoms with van der Waals surface area (Å²) in [6.07, 6.45) is 0. The lowest BCUT2D eigenvalue weighted by Crippen LogP contribution is -2.17. The molecule has 0 N–H and O–H groups in total. The molecule has 1 atom stereocenters. The van der Waals surface area contributed by atoms with Crippen molar-refractivity contribution in [1.29, 1.82) is 0 Å². The van der Waals surface area contributed by atoms with Gasteiger partial charge < -0.3 is 14.0 Å². The van der Waals surface area contributed by atoms with E-state index in [-0.39, 0.29) is 18.4 Å². The Kier molecular flexibility index (Phi) is 6.78. The van der Waals surface area contributed by atoms with Crippen LogP contribution in [0.1, 0.15) is 45.1 Å². The summed E-state index contributed by atoms with van der Waals surface area (Å²) in [6.45, 7) is 6.18. The van der Waals surface area contributed by atoms with Crippen molar-refractivity contribution in [2.75, 3.05) is 20.3 Å². The second-order valence-electron chi connectivity index (χ2n) is 5.97. The quantitative estimate of drug-likeness (QED) is 0.361. The van der Waals surface area contributed by atoms with E-state index in [1.165, 1.54) is 0 Å². The molecule has 2 rings (SSSR count). The van der Waals surface area contributed by atoms with Crippen LogP contribution in [0.5, 0.6) is 0 Å². The number of halogens is 1. The number of aromatic nitrogens is 1. The summed E-state index contributed by atoms with van der Waals surface area (Å²) in [5.74, 6) is -0.698. The summed E-state index contributed by atoms with van der Waals surface area (Å²) >= 11 is 2.13. The molecule has 134 valence electrons. The Balaban J connectivity index is 2.09. The molecule has 25 heavy (non-hydrogen) atoms. The molecule has 5 nitrogen and oxygen atoms in total. The fraction of sp³-hybridized carbons (Fsp3) is 0.368. The van der Waals surface area contributed by atoms with Crippen LogP contribution in [0, 0.1) is 17.4 Å². The molecule has 0 bridgehead atoms. The van der Waals surface area contributed by atoms with Crippen LogP contribution in [0.3, 0.4) is 0 Å². The third-order valence-electron chi connectivity index (χ3n) is 4.03. The SMILES string of the molecule is COCC(C)n1c(C)cc(C(=O)COC(=O)c2cccc(I)c2)c1C. The van der Waals surface area contributed by atoms with Crippen LogP contribution in [0.15, 0.2) is 30.3 Å². The Morgan fingerprint density at radius 2 is 1.96 bits per heavy atom. The second-order valence-corrected chi connectivity index (χ2v) is 7.21. The number of aryl methyl sites for hydroxylation is 1. The van der Waals surface area contributed by atoms with Crippen molar-refractivity contribution in [2.24, 2.45) is 0 Å². The van der Waals surface area contributed by atoms with Crippen LogP contribution in [0.25, 0.3) is 0 Å². The van der Waals surface area contributed by atoms with E-state index in [0.717, 1.165) is 15.0 Å². The van der Waals surface area contributed by atoms with Gasteiger partial charge in [-0.3, -0.25) is 4.79 Å². The van der Waals surface area contributed by atoms with Crippen LogP contribution < -0.4 is 0 Å². The summed E-state index contributed by atoms with van der Waals surface area (Å²) in [4.78, 5) is 24.6. The largest absolute Gasteiger partial charge is 0.454 e. The van der Waals surface area contributed by atoms with Gasteiger partial charge in [-0.15, -0.1) is 0 Å². The summed E-state index contributed by atoms with van der Waals surface area (Å²) in [6, 6.07) is 9.03. The molecule has 0 spiro atoms. The minimum atomic E-state index is -0.492. The first kappa shape index (κ1) is 19.7. The molecular formula is C19H22INO4. The zero-order chi connectivity index (χ0) is 18.6. The maximum absolute atomic E-state index is 12.5. The van der Waals surface area contributed by atoms with E-state index in [9.17, 15) is 9.59 Å². The maximum Gasteiger partial charge on any atom is 0.338 e. The summed E-state index contributed by atoms with van der Waals surface area (Å²) < 4.78 is 13.4. The van der Waals surface area contributed by atoms with Crippen LogP contribution in [0.4, 0.5) is 0 Å². The molecule has 0 aliphatic heterocycles. The molecule has 1 aromatic heterocycles. The lowest BCUT2D eigenvalue weighted by Gasteiger charge is -2.17. The fourth-order valence-corrected chi connectivity index (χ4v) is 3.50. The molecule has 0 radical (unpaired) electrons. The molecule has 2 aromatic rings. The number of Topliss-reactive ketones (excluding diaryl/α,β-unsaturated/α-hetero) is 1. The Labute approximate surface area is 161 Å². The number of carbonyl (C=O) groups excluding carboxylic acids is 2. The zero-order valence-electron chi connectivity index (χ0n) is 14.8. The lowest BCUT2D eigenvalue weighted by molar-refractivity contribution is 0.0474. The number of rotatable bonds is 7. The average molecular weight is 455 g/mol. The van der Waals surface area contributed by atoms with Crippen molar-refractivity contribution in [3.63, 3.8) is 0 Å². The minimum Gasteiger partial charge on any atom is -0.454 e. The van der Waals surface area contributed by atoms with Crippen molar-refractivity contribution in [3.8, 4) is 0 Å². The van der Waals surface area contributed by atoms with Gasteiger partial charge in [-0.2, -0.15) is 0 Å². The highest BCUT2D eigenvalue weighted by Gasteiger charge is 2.20. The number of hydrogen-bond donors (Lipinski definition) is 0.